The number of nitrogens with one attached hydrogen (secondary N) is 7. The van der Waals surface area contributed by atoms with Crippen molar-refractivity contribution >= 4 is 59.1 Å². The predicted molar refractivity (Wildman–Crippen MR) is 209 cm³/mol. The molecule has 12 N–H and O–H groups in total. The number of amides is 9. The van der Waals surface area contributed by atoms with Gasteiger partial charge in [0.05, 0.1) is 13.0 Å². The summed E-state index contributed by atoms with van der Waals surface area (Å²) in [4.78, 5) is 125. The first-order valence-corrected chi connectivity index (χ1v) is 18.7. The normalized spacial score (nSPS) is 14.7. The van der Waals surface area contributed by atoms with Gasteiger partial charge in [-0.2, -0.15) is 0 Å². The summed E-state index contributed by atoms with van der Waals surface area (Å²) in [6.07, 6.45) is 1.14. The maximum absolute atomic E-state index is 13.5. The quantitative estimate of drug-likeness (QED) is 0.0492. The minimum atomic E-state index is -1.60. The molecule has 1 aromatic carbocycles. The summed E-state index contributed by atoms with van der Waals surface area (Å²) in [7, 11) is 0. The molecule has 20 heteroatoms. The van der Waals surface area contributed by atoms with Crippen LogP contribution in [-0.2, 0) is 54.4 Å². The molecule has 0 aromatic heterocycles. The van der Waals surface area contributed by atoms with Crippen molar-refractivity contribution in [2.75, 3.05) is 6.54 Å². The van der Waals surface area contributed by atoms with Gasteiger partial charge < -0.3 is 53.8 Å². The third kappa shape index (κ3) is 17.6. The van der Waals surface area contributed by atoms with Crippen molar-refractivity contribution in [2.24, 2.45) is 29.2 Å². The third-order valence-corrected chi connectivity index (χ3v) is 8.83. The van der Waals surface area contributed by atoms with E-state index in [1.165, 1.54) is 6.92 Å². The summed E-state index contributed by atoms with van der Waals surface area (Å²) in [6, 6.07) is 1.11. The van der Waals surface area contributed by atoms with E-state index in [0.29, 0.717) is 18.1 Å². The van der Waals surface area contributed by atoms with Gasteiger partial charge in [0.1, 0.15) is 36.3 Å². The predicted octanol–water partition coefficient (Wildman–Crippen LogP) is -2.37. The molecule has 9 amide bonds. The van der Waals surface area contributed by atoms with Crippen molar-refractivity contribution in [1.29, 1.82) is 0 Å². The number of hydrogen-bond donors (Lipinski definition) is 10. The lowest BCUT2D eigenvalue weighted by Gasteiger charge is -2.30. The molecule has 0 heterocycles. The molecule has 20 nitrogen and oxygen atoms in total. The molecule has 0 radical (unpaired) electrons. The van der Waals surface area contributed by atoms with Gasteiger partial charge >= 0.3 is 5.97 Å². The zero-order valence-electron chi connectivity index (χ0n) is 33.8. The van der Waals surface area contributed by atoms with Crippen LogP contribution in [0.1, 0.15) is 66.9 Å². The summed E-state index contributed by atoms with van der Waals surface area (Å²) in [5.41, 5.74) is 11.4. The van der Waals surface area contributed by atoms with E-state index >= 15 is 0 Å². The Kier molecular flexibility index (Phi) is 20.8. The van der Waals surface area contributed by atoms with Crippen LogP contribution in [-0.4, -0.2) is 107 Å². The van der Waals surface area contributed by atoms with Gasteiger partial charge in [0.25, 0.3) is 0 Å². The van der Waals surface area contributed by atoms with Gasteiger partial charge in [-0.25, -0.2) is 4.79 Å². The van der Waals surface area contributed by atoms with Gasteiger partial charge in [0, 0.05) is 18.6 Å². The molecule has 0 spiro atoms. The second kappa shape index (κ2) is 24.3. The van der Waals surface area contributed by atoms with Gasteiger partial charge in [-0.05, 0) is 30.2 Å². The average Bonchev–Trinajstić information content (AvgIpc) is 3.14. The molecule has 58 heavy (non-hydrogen) atoms. The standard InChI is InChI=1S/C38H57N9O11/c1-8-21(6)32(37(56)46-31(20(4)5)36(55)45-30(19(2)3)33(40)52)47-35(54)24(17-26(39)48)43-28(50)15-14-27(49)42-22(7)34(53)41-18-29(51)44-25(38(57)58)16-23-12-10-9-11-13-23/h9-15,19-22,24-25,30-32H,8,16-18H2,1-7H3,(H2,39,48)(H2,40,52)(H,41,53)(H,42,49)(H,43,50)(H,44,51)(H,45,55)(H,46,56)(H,47,54)(H,57,58)/b15-14+/t21-,22-,24-,25-,30-,31-,32-/m0/s1. The second-order valence-electron chi connectivity index (χ2n) is 14.4. The molecule has 0 aliphatic carbocycles. The first kappa shape index (κ1) is 49.7. The molecule has 1 aromatic rings. The number of aliphatic carboxylic acids is 1. The number of nitrogens with two attached hydrogens (primary N) is 2. The molecule has 0 bridgehead atoms. The van der Waals surface area contributed by atoms with E-state index in [1.807, 2.05) is 0 Å². The Morgan fingerprint density at radius 3 is 1.66 bits per heavy atom. The first-order chi connectivity index (χ1) is 27.1. The van der Waals surface area contributed by atoms with Gasteiger partial charge in [0.2, 0.25) is 53.2 Å². The molecule has 0 unspecified atom stereocenters. The Morgan fingerprint density at radius 2 is 1.16 bits per heavy atom. The number of benzene rings is 1. The summed E-state index contributed by atoms with van der Waals surface area (Å²) < 4.78 is 0. The fourth-order valence-electron chi connectivity index (χ4n) is 5.27. The van der Waals surface area contributed by atoms with Gasteiger partial charge in [-0.1, -0.05) is 78.3 Å². The Hall–Kier alpha value is -6.34. The summed E-state index contributed by atoms with van der Waals surface area (Å²) in [6.45, 7) is 10.8. The highest BCUT2D eigenvalue weighted by Crippen LogP contribution is 2.12. The van der Waals surface area contributed by atoms with Crippen LogP contribution in [0.15, 0.2) is 42.5 Å². The molecule has 1 rings (SSSR count). The van der Waals surface area contributed by atoms with Crippen LogP contribution in [0.4, 0.5) is 0 Å². The van der Waals surface area contributed by atoms with Crippen LogP contribution < -0.4 is 48.7 Å². The minimum Gasteiger partial charge on any atom is -0.480 e. The van der Waals surface area contributed by atoms with Crippen molar-refractivity contribution in [3.8, 4) is 0 Å². The highest BCUT2D eigenvalue weighted by atomic mass is 16.4. The fraction of sp³-hybridized carbons (Fsp3) is 0.526. The van der Waals surface area contributed by atoms with Crippen molar-refractivity contribution < 1.29 is 53.1 Å². The number of carboxylic acid groups (broad SMARTS) is 1. The van der Waals surface area contributed by atoms with Crippen molar-refractivity contribution in [2.45, 2.75) is 104 Å². The zero-order valence-corrected chi connectivity index (χ0v) is 33.8. The van der Waals surface area contributed by atoms with Crippen LogP contribution in [0, 0.1) is 17.8 Å². The third-order valence-electron chi connectivity index (χ3n) is 8.83. The Balaban J connectivity index is 2.90. The van der Waals surface area contributed by atoms with Gasteiger partial charge in [0.15, 0.2) is 0 Å². The lowest BCUT2D eigenvalue weighted by Crippen LogP contribution is -2.61. The van der Waals surface area contributed by atoms with E-state index in [4.69, 9.17) is 11.5 Å². The van der Waals surface area contributed by atoms with Gasteiger partial charge in [-0.15, -0.1) is 0 Å². The monoisotopic (exact) mass is 815 g/mol. The zero-order chi connectivity index (χ0) is 44.3. The summed E-state index contributed by atoms with van der Waals surface area (Å²) >= 11 is 0. The van der Waals surface area contributed by atoms with Crippen LogP contribution in [0.2, 0.25) is 0 Å². The lowest BCUT2D eigenvalue weighted by molar-refractivity contribution is -0.141. The topological polar surface area (TPSA) is 327 Å². The van der Waals surface area contributed by atoms with Crippen molar-refractivity contribution in [3.05, 3.63) is 48.0 Å². The molecule has 0 fully saturated rings. The highest BCUT2D eigenvalue weighted by Gasteiger charge is 2.35. The van der Waals surface area contributed by atoms with Crippen molar-refractivity contribution in [3.63, 3.8) is 0 Å². The minimum absolute atomic E-state index is 0.00682. The fourth-order valence-corrected chi connectivity index (χ4v) is 5.27. The second-order valence-corrected chi connectivity index (χ2v) is 14.4. The Bertz CT molecular complexity index is 1680. The Morgan fingerprint density at radius 1 is 0.638 bits per heavy atom. The molecule has 0 saturated heterocycles. The number of hydrogen-bond acceptors (Lipinski definition) is 10. The van der Waals surface area contributed by atoms with E-state index in [2.05, 4.69) is 37.2 Å². The van der Waals surface area contributed by atoms with Crippen LogP contribution in [0.3, 0.4) is 0 Å². The molecule has 0 saturated carbocycles. The van der Waals surface area contributed by atoms with E-state index in [1.54, 1.807) is 71.9 Å². The van der Waals surface area contributed by atoms with Crippen molar-refractivity contribution in [1.82, 2.24) is 37.2 Å². The molecular weight excluding hydrogens is 758 g/mol. The Labute approximate surface area is 336 Å². The maximum atomic E-state index is 13.5. The summed E-state index contributed by atoms with van der Waals surface area (Å²) in [5, 5.41) is 26.2. The SMILES string of the molecule is CC[C@H](C)[C@H](NC(=O)[C@H](CC(N)=O)NC(=O)/C=C/C(=O)N[C@@H](C)C(=O)NCC(=O)N[C@@H](Cc1ccccc1)C(=O)O)C(=O)N[C@H](C(=O)N[C@H](C(N)=O)C(C)C)C(C)C. The number of carbonyl (C=O) groups is 10. The molecule has 320 valence electrons. The van der Waals surface area contributed by atoms with E-state index in [0.717, 1.165) is 6.08 Å². The summed E-state index contributed by atoms with van der Waals surface area (Å²) in [5.74, 6) is -10.3. The molecular formula is C38H57N9O11. The molecule has 0 aliphatic rings. The molecule has 0 aliphatic heterocycles. The van der Waals surface area contributed by atoms with E-state index in [9.17, 15) is 53.1 Å². The smallest absolute Gasteiger partial charge is 0.326 e. The first-order valence-electron chi connectivity index (χ1n) is 18.7. The number of carboxylic acids is 1. The maximum Gasteiger partial charge on any atom is 0.326 e. The lowest BCUT2D eigenvalue weighted by atomic mass is 9.95. The van der Waals surface area contributed by atoms with Crippen LogP contribution in [0.25, 0.3) is 0 Å². The van der Waals surface area contributed by atoms with Crippen LogP contribution >= 0.6 is 0 Å². The number of primary amides is 2. The van der Waals surface area contributed by atoms with E-state index in [-0.39, 0.29) is 12.3 Å². The number of carbonyl (C=O) groups excluding carboxylic acids is 9. The van der Waals surface area contributed by atoms with E-state index < -0.39 is 120 Å². The number of rotatable bonds is 24. The largest absolute Gasteiger partial charge is 0.480 e. The highest BCUT2D eigenvalue weighted by molar-refractivity contribution is 6.01. The average molecular weight is 816 g/mol. The molecule has 7 atom stereocenters. The van der Waals surface area contributed by atoms with Crippen LogP contribution in [0.5, 0.6) is 0 Å². The van der Waals surface area contributed by atoms with Gasteiger partial charge in [-0.3, -0.25) is 43.2 Å².